The van der Waals surface area contributed by atoms with Crippen molar-refractivity contribution in [3.8, 4) is 12.1 Å². The van der Waals surface area contributed by atoms with Crippen molar-refractivity contribution in [1.29, 1.82) is 15.9 Å². The highest BCUT2D eigenvalue weighted by Crippen LogP contribution is 2.07. The van der Waals surface area contributed by atoms with Crippen LogP contribution in [0.25, 0.3) is 0 Å². The van der Waals surface area contributed by atoms with E-state index in [9.17, 15) is 0 Å². The standard InChI is InChI=1S/C16H11N5/c17-9-11-1-5-13(6-2-11)15(19)21-16(20)14-7-3-12(10-18)4-8-14/h1-8H,(H3,19,20,21). The van der Waals surface area contributed by atoms with E-state index in [0.717, 1.165) is 0 Å². The lowest BCUT2D eigenvalue weighted by molar-refractivity contribution is 1.39. The van der Waals surface area contributed by atoms with E-state index in [-0.39, 0.29) is 11.7 Å². The summed E-state index contributed by atoms with van der Waals surface area (Å²) in [6.07, 6.45) is 0. The number of nitriles is 2. The predicted molar refractivity (Wildman–Crippen MR) is 79.9 cm³/mol. The molecule has 0 unspecified atom stereocenters. The van der Waals surface area contributed by atoms with Crippen LogP contribution in [0.15, 0.2) is 53.5 Å². The van der Waals surface area contributed by atoms with Gasteiger partial charge in [0, 0.05) is 11.1 Å². The zero-order valence-corrected chi connectivity index (χ0v) is 11.0. The Labute approximate surface area is 122 Å². The molecule has 0 bridgehead atoms. The van der Waals surface area contributed by atoms with Crippen molar-refractivity contribution in [1.82, 2.24) is 0 Å². The summed E-state index contributed by atoms with van der Waals surface area (Å²) in [4.78, 5) is 4.04. The fraction of sp³-hybridized carbons (Fsp3) is 0. The van der Waals surface area contributed by atoms with Gasteiger partial charge < -0.3 is 5.73 Å². The molecule has 2 aromatic carbocycles. The van der Waals surface area contributed by atoms with E-state index in [2.05, 4.69) is 4.99 Å². The maximum absolute atomic E-state index is 8.74. The highest BCUT2D eigenvalue weighted by molar-refractivity contribution is 6.09. The first-order chi connectivity index (χ1) is 10.1. The van der Waals surface area contributed by atoms with Crippen LogP contribution in [0.2, 0.25) is 0 Å². The molecule has 0 aromatic heterocycles. The summed E-state index contributed by atoms with van der Waals surface area (Å²) >= 11 is 0. The molecule has 0 atom stereocenters. The fourth-order valence-electron chi connectivity index (χ4n) is 1.67. The van der Waals surface area contributed by atoms with Crippen LogP contribution in [0, 0.1) is 28.1 Å². The molecular formula is C16H11N5. The Hall–Kier alpha value is -3.44. The first-order valence-corrected chi connectivity index (χ1v) is 6.08. The van der Waals surface area contributed by atoms with E-state index in [1.54, 1.807) is 48.5 Å². The number of benzene rings is 2. The van der Waals surface area contributed by atoms with Crippen LogP contribution >= 0.6 is 0 Å². The summed E-state index contributed by atoms with van der Waals surface area (Å²) in [6, 6.07) is 17.2. The molecule has 0 saturated heterocycles. The Morgan fingerprint density at radius 2 is 1.29 bits per heavy atom. The quantitative estimate of drug-likeness (QED) is 0.646. The molecule has 0 spiro atoms. The molecule has 0 saturated carbocycles. The van der Waals surface area contributed by atoms with Gasteiger partial charge in [0.2, 0.25) is 0 Å². The molecular weight excluding hydrogens is 262 g/mol. The molecule has 0 aliphatic rings. The Morgan fingerprint density at radius 3 is 1.71 bits per heavy atom. The van der Waals surface area contributed by atoms with Crippen LogP contribution in [-0.4, -0.2) is 11.7 Å². The number of nitrogens with one attached hydrogen (secondary N) is 1. The van der Waals surface area contributed by atoms with Crippen LogP contribution in [0.5, 0.6) is 0 Å². The molecule has 0 heterocycles. The van der Waals surface area contributed by atoms with Crippen LogP contribution in [-0.2, 0) is 0 Å². The molecule has 3 N–H and O–H groups in total. The second-order valence-electron chi connectivity index (χ2n) is 4.22. The average Bonchev–Trinajstić information content (AvgIpc) is 2.55. The minimum absolute atomic E-state index is 0.0151. The van der Waals surface area contributed by atoms with Crippen molar-refractivity contribution in [3.63, 3.8) is 0 Å². The smallest absolute Gasteiger partial charge is 0.154 e. The minimum atomic E-state index is 0.0151. The Bertz CT molecular complexity index is 771. The fourth-order valence-corrected chi connectivity index (χ4v) is 1.67. The topological polar surface area (TPSA) is 110 Å². The number of hydrogen-bond donors (Lipinski definition) is 2. The third-order valence-corrected chi connectivity index (χ3v) is 2.83. The monoisotopic (exact) mass is 273 g/mol. The minimum Gasteiger partial charge on any atom is -0.383 e. The Balaban J connectivity index is 2.22. The molecule has 100 valence electrons. The maximum atomic E-state index is 8.74. The van der Waals surface area contributed by atoms with Crippen LogP contribution in [0.3, 0.4) is 0 Å². The number of hydrogen-bond acceptors (Lipinski definition) is 3. The van der Waals surface area contributed by atoms with E-state index in [4.69, 9.17) is 21.7 Å². The van der Waals surface area contributed by atoms with Gasteiger partial charge in [-0.3, -0.25) is 5.41 Å². The van der Waals surface area contributed by atoms with Gasteiger partial charge in [0.1, 0.15) is 5.84 Å². The summed E-state index contributed by atoms with van der Waals surface area (Å²) in [5.41, 5.74) is 8.13. The van der Waals surface area contributed by atoms with Crippen LogP contribution in [0.1, 0.15) is 22.3 Å². The SMILES string of the molecule is N#Cc1ccc(C(=N)N=C(N)c2ccc(C#N)cc2)cc1. The molecule has 0 aliphatic carbocycles. The lowest BCUT2D eigenvalue weighted by Crippen LogP contribution is -2.15. The molecule has 5 nitrogen and oxygen atoms in total. The van der Waals surface area contributed by atoms with Crippen molar-refractivity contribution in [2.75, 3.05) is 0 Å². The Morgan fingerprint density at radius 1 is 0.857 bits per heavy atom. The van der Waals surface area contributed by atoms with E-state index < -0.39 is 0 Å². The molecule has 0 radical (unpaired) electrons. The van der Waals surface area contributed by atoms with Gasteiger partial charge in [-0.15, -0.1) is 0 Å². The number of nitrogens with two attached hydrogens (primary N) is 1. The highest BCUT2D eigenvalue weighted by Gasteiger charge is 2.03. The highest BCUT2D eigenvalue weighted by atomic mass is 14.9. The van der Waals surface area contributed by atoms with E-state index in [1.807, 2.05) is 12.1 Å². The number of nitrogens with zero attached hydrogens (tertiary/aromatic N) is 3. The van der Waals surface area contributed by atoms with Gasteiger partial charge in [-0.05, 0) is 48.5 Å². The molecule has 21 heavy (non-hydrogen) atoms. The molecule has 0 fully saturated rings. The normalized spacial score (nSPS) is 10.5. The zero-order valence-electron chi connectivity index (χ0n) is 11.0. The first-order valence-electron chi connectivity index (χ1n) is 6.08. The maximum Gasteiger partial charge on any atom is 0.154 e. The van der Waals surface area contributed by atoms with Crippen LogP contribution in [0.4, 0.5) is 0 Å². The van der Waals surface area contributed by atoms with Gasteiger partial charge in [-0.1, -0.05) is 0 Å². The number of rotatable bonds is 2. The summed E-state index contributed by atoms with van der Waals surface area (Å²) in [6.45, 7) is 0. The average molecular weight is 273 g/mol. The van der Waals surface area contributed by atoms with Crippen molar-refractivity contribution in [2.24, 2.45) is 10.7 Å². The van der Waals surface area contributed by atoms with Gasteiger partial charge in [0.15, 0.2) is 5.84 Å². The number of amidine groups is 2. The largest absolute Gasteiger partial charge is 0.383 e. The molecule has 5 heteroatoms. The third-order valence-electron chi connectivity index (χ3n) is 2.83. The van der Waals surface area contributed by atoms with E-state index in [0.29, 0.717) is 22.3 Å². The van der Waals surface area contributed by atoms with E-state index in [1.165, 1.54) is 0 Å². The van der Waals surface area contributed by atoms with Gasteiger partial charge in [0.05, 0.1) is 23.3 Å². The van der Waals surface area contributed by atoms with Gasteiger partial charge in [-0.25, -0.2) is 4.99 Å². The van der Waals surface area contributed by atoms with Gasteiger partial charge in [0.25, 0.3) is 0 Å². The summed E-state index contributed by atoms with van der Waals surface area (Å²) in [7, 11) is 0. The summed E-state index contributed by atoms with van der Waals surface area (Å²) in [5, 5.41) is 25.4. The molecule has 0 amide bonds. The molecule has 0 aliphatic heterocycles. The second kappa shape index (κ2) is 6.14. The van der Waals surface area contributed by atoms with Gasteiger partial charge in [-0.2, -0.15) is 10.5 Å². The molecule has 2 rings (SSSR count). The second-order valence-corrected chi connectivity index (χ2v) is 4.22. The number of aliphatic imine (C=N–C) groups is 1. The van der Waals surface area contributed by atoms with Crippen molar-refractivity contribution < 1.29 is 0 Å². The van der Waals surface area contributed by atoms with Gasteiger partial charge >= 0.3 is 0 Å². The van der Waals surface area contributed by atoms with Crippen LogP contribution < -0.4 is 5.73 Å². The summed E-state index contributed by atoms with van der Waals surface area (Å²) < 4.78 is 0. The van der Waals surface area contributed by atoms with Crippen molar-refractivity contribution in [2.45, 2.75) is 0 Å². The lowest BCUT2D eigenvalue weighted by atomic mass is 10.1. The lowest BCUT2D eigenvalue weighted by Gasteiger charge is -2.03. The first kappa shape index (κ1) is 14.0. The predicted octanol–water partition coefficient (Wildman–Crippen LogP) is 2.16. The third kappa shape index (κ3) is 3.31. The Kier molecular flexibility index (Phi) is 4.09. The zero-order chi connectivity index (χ0) is 15.2. The molecule has 2 aromatic rings. The van der Waals surface area contributed by atoms with E-state index >= 15 is 0 Å². The summed E-state index contributed by atoms with van der Waals surface area (Å²) in [5.74, 6) is 0.218. The van der Waals surface area contributed by atoms with Crippen molar-refractivity contribution in [3.05, 3.63) is 70.8 Å². The van der Waals surface area contributed by atoms with Crippen molar-refractivity contribution >= 4 is 11.7 Å².